The summed E-state index contributed by atoms with van der Waals surface area (Å²) in [5.74, 6) is 0.225. The molecule has 4 nitrogen and oxygen atoms in total. The molecule has 0 aromatic rings. The Morgan fingerprint density at radius 3 is 2.41 bits per heavy atom. The minimum absolute atomic E-state index is 0.101. The zero-order valence-corrected chi connectivity index (χ0v) is 11.7. The van der Waals surface area contributed by atoms with Crippen LogP contribution in [0.2, 0.25) is 0 Å². The van der Waals surface area contributed by atoms with Crippen molar-refractivity contribution in [1.82, 2.24) is 9.80 Å². The highest BCUT2D eigenvalue weighted by Crippen LogP contribution is 2.25. The predicted octanol–water partition coefficient (Wildman–Crippen LogP) is 1.06. The van der Waals surface area contributed by atoms with E-state index in [0.717, 1.165) is 25.8 Å². The van der Waals surface area contributed by atoms with E-state index in [1.165, 1.54) is 0 Å². The molecule has 1 aliphatic carbocycles. The van der Waals surface area contributed by atoms with Gasteiger partial charge in [0.15, 0.2) is 0 Å². The second-order valence-corrected chi connectivity index (χ2v) is 5.67. The van der Waals surface area contributed by atoms with E-state index in [9.17, 15) is 4.79 Å². The number of carbonyl (C=O) groups excluding carboxylic acids is 1. The van der Waals surface area contributed by atoms with Crippen LogP contribution in [0.4, 0.5) is 0 Å². The summed E-state index contributed by atoms with van der Waals surface area (Å²) >= 11 is 0. The zero-order chi connectivity index (χ0) is 13.1. The Balaban J connectivity index is 2.56. The van der Waals surface area contributed by atoms with Crippen LogP contribution in [0.1, 0.15) is 40.0 Å². The summed E-state index contributed by atoms with van der Waals surface area (Å²) in [5.41, 5.74) is 5.69. The van der Waals surface area contributed by atoms with Gasteiger partial charge in [-0.25, -0.2) is 0 Å². The van der Waals surface area contributed by atoms with Crippen molar-refractivity contribution >= 4 is 5.91 Å². The van der Waals surface area contributed by atoms with Gasteiger partial charge in [-0.2, -0.15) is 0 Å². The fraction of sp³-hybridized carbons (Fsp3) is 0.923. The Morgan fingerprint density at radius 2 is 2.00 bits per heavy atom. The van der Waals surface area contributed by atoms with Crippen molar-refractivity contribution in [3.05, 3.63) is 0 Å². The number of hydrogen-bond donors (Lipinski definition) is 1. The van der Waals surface area contributed by atoms with Crippen LogP contribution >= 0.6 is 0 Å². The lowest BCUT2D eigenvalue weighted by Crippen LogP contribution is -2.53. The highest BCUT2D eigenvalue weighted by atomic mass is 16.2. The van der Waals surface area contributed by atoms with Gasteiger partial charge in [-0.1, -0.05) is 6.92 Å². The van der Waals surface area contributed by atoms with E-state index in [1.807, 2.05) is 11.9 Å². The molecule has 0 unspecified atom stereocenters. The van der Waals surface area contributed by atoms with Crippen molar-refractivity contribution in [3.63, 3.8) is 0 Å². The fourth-order valence-electron chi connectivity index (χ4n) is 1.94. The van der Waals surface area contributed by atoms with E-state index in [4.69, 9.17) is 5.73 Å². The minimum Gasteiger partial charge on any atom is -0.342 e. The van der Waals surface area contributed by atoms with Gasteiger partial charge in [-0.15, -0.1) is 0 Å². The molecule has 4 heteroatoms. The third kappa shape index (κ3) is 3.96. The van der Waals surface area contributed by atoms with Crippen molar-refractivity contribution in [3.8, 4) is 0 Å². The number of likely N-dealkylation sites (N-methyl/N-ethyl adjacent to an activating group) is 1. The fourth-order valence-corrected chi connectivity index (χ4v) is 1.94. The maximum atomic E-state index is 12.1. The number of nitrogens with zero attached hydrogens (tertiary/aromatic N) is 2. The minimum atomic E-state index is -0.101. The SMILES string of the molecule is CCCN(CC(=O)N(C)C1CC1)C(C)(C)CN. The first-order valence-electron chi connectivity index (χ1n) is 6.63. The smallest absolute Gasteiger partial charge is 0.236 e. The molecule has 0 aromatic heterocycles. The van der Waals surface area contributed by atoms with Crippen LogP contribution in [0.15, 0.2) is 0 Å². The molecular formula is C13H27N3O. The van der Waals surface area contributed by atoms with Gasteiger partial charge >= 0.3 is 0 Å². The second kappa shape index (κ2) is 5.83. The molecule has 0 aromatic carbocycles. The van der Waals surface area contributed by atoms with Crippen molar-refractivity contribution in [1.29, 1.82) is 0 Å². The normalized spacial score (nSPS) is 16.4. The summed E-state index contributed by atoms with van der Waals surface area (Å²) in [4.78, 5) is 16.2. The van der Waals surface area contributed by atoms with Gasteiger partial charge in [-0.05, 0) is 39.7 Å². The molecule has 2 N–H and O–H groups in total. The van der Waals surface area contributed by atoms with Crippen molar-refractivity contribution < 1.29 is 4.79 Å². The quantitative estimate of drug-likeness (QED) is 0.725. The highest BCUT2D eigenvalue weighted by molar-refractivity contribution is 5.78. The molecule has 1 rings (SSSR count). The molecule has 100 valence electrons. The third-order valence-corrected chi connectivity index (χ3v) is 3.66. The Labute approximate surface area is 105 Å². The number of hydrogen-bond acceptors (Lipinski definition) is 3. The largest absolute Gasteiger partial charge is 0.342 e. The van der Waals surface area contributed by atoms with Crippen molar-refractivity contribution in [2.45, 2.75) is 51.6 Å². The van der Waals surface area contributed by atoms with Crippen LogP contribution in [-0.4, -0.2) is 54.0 Å². The first-order valence-corrected chi connectivity index (χ1v) is 6.63. The zero-order valence-electron chi connectivity index (χ0n) is 11.7. The Bertz CT molecular complexity index is 261. The standard InChI is InChI=1S/C13H27N3O/c1-5-8-16(13(2,3)10-14)9-12(17)15(4)11-6-7-11/h11H,5-10,14H2,1-4H3. The lowest BCUT2D eigenvalue weighted by Gasteiger charge is -2.38. The van der Waals surface area contributed by atoms with E-state index in [2.05, 4.69) is 25.7 Å². The number of carbonyl (C=O) groups is 1. The molecule has 0 aliphatic heterocycles. The van der Waals surface area contributed by atoms with Crippen molar-refractivity contribution in [2.24, 2.45) is 5.73 Å². The topological polar surface area (TPSA) is 49.6 Å². The Kier molecular flexibility index (Phi) is 4.95. The van der Waals surface area contributed by atoms with Crippen molar-refractivity contribution in [2.75, 3.05) is 26.7 Å². The average Bonchev–Trinajstić information content (AvgIpc) is 3.11. The molecular weight excluding hydrogens is 214 g/mol. The van der Waals surface area contributed by atoms with Crippen LogP contribution in [0.3, 0.4) is 0 Å². The highest BCUT2D eigenvalue weighted by Gasteiger charge is 2.32. The first kappa shape index (κ1) is 14.5. The summed E-state index contributed by atoms with van der Waals surface area (Å²) < 4.78 is 0. The first-order chi connectivity index (χ1) is 7.92. The van der Waals surface area contributed by atoms with Crippen LogP contribution in [0, 0.1) is 0 Å². The Morgan fingerprint density at radius 1 is 1.41 bits per heavy atom. The molecule has 0 atom stereocenters. The average molecular weight is 241 g/mol. The molecule has 0 spiro atoms. The lowest BCUT2D eigenvalue weighted by molar-refractivity contribution is -0.133. The van der Waals surface area contributed by atoms with Gasteiger partial charge in [-0.3, -0.25) is 9.69 Å². The predicted molar refractivity (Wildman–Crippen MR) is 70.8 cm³/mol. The van der Waals surface area contributed by atoms with Gasteiger partial charge in [0.1, 0.15) is 0 Å². The van der Waals surface area contributed by atoms with E-state index < -0.39 is 0 Å². The molecule has 0 bridgehead atoms. The second-order valence-electron chi connectivity index (χ2n) is 5.67. The van der Waals surface area contributed by atoms with Gasteiger partial charge < -0.3 is 10.6 Å². The van der Waals surface area contributed by atoms with E-state index in [0.29, 0.717) is 19.1 Å². The maximum Gasteiger partial charge on any atom is 0.236 e. The Hall–Kier alpha value is -0.610. The lowest BCUT2D eigenvalue weighted by atomic mass is 10.0. The summed E-state index contributed by atoms with van der Waals surface area (Å²) in [7, 11) is 1.92. The molecule has 0 saturated heterocycles. The molecule has 0 radical (unpaired) electrons. The third-order valence-electron chi connectivity index (χ3n) is 3.66. The summed E-state index contributed by atoms with van der Waals surface area (Å²) in [6.07, 6.45) is 3.37. The van der Waals surface area contributed by atoms with E-state index in [1.54, 1.807) is 0 Å². The van der Waals surface area contributed by atoms with Gasteiger partial charge in [0.25, 0.3) is 0 Å². The number of nitrogens with two attached hydrogens (primary N) is 1. The summed E-state index contributed by atoms with van der Waals surface area (Å²) in [6.45, 7) is 8.34. The maximum absolute atomic E-state index is 12.1. The molecule has 1 fully saturated rings. The van der Waals surface area contributed by atoms with Crippen LogP contribution in [0.5, 0.6) is 0 Å². The van der Waals surface area contributed by atoms with Crippen LogP contribution in [-0.2, 0) is 4.79 Å². The molecule has 17 heavy (non-hydrogen) atoms. The van der Waals surface area contributed by atoms with Gasteiger partial charge in [0.2, 0.25) is 5.91 Å². The molecule has 1 saturated carbocycles. The number of rotatable bonds is 7. The molecule has 0 heterocycles. The van der Waals surface area contributed by atoms with Gasteiger partial charge in [0.05, 0.1) is 6.54 Å². The van der Waals surface area contributed by atoms with E-state index in [-0.39, 0.29) is 11.4 Å². The van der Waals surface area contributed by atoms with Gasteiger partial charge in [0, 0.05) is 25.2 Å². The molecule has 1 amide bonds. The summed E-state index contributed by atoms with van der Waals surface area (Å²) in [6, 6.07) is 0.493. The van der Waals surface area contributed by atoms with Crippen LogP contribution in [0.25, 0.3) is 0 Å². The van der Waals surface area contributed by atoms with E-state index >= 15 is 0 Å². The molecule has 1 aliphatic rings. The van der Waals surface area contributed by atoms with Crippen LogP contribution < -0.4 is 5.73 Å². The monoisotopic (exact) mass is 241 g/mol. The number of amides is 1. The summed E-state index contributed by atoms with van der Waals surface area (Å²) in [5, 5.41) is 0.